The SMILES string of the molecule is CCC1(CC)CN(CC2(C(C)C)CC2)CCN1. The fourth-order valence-electron chi connectivity index (χ4n) is 3.42. The normalized spacial score (nSPS) is 27.4. The predicted molar refractivity (Wildman–Crippen MR) is 74.3 cm³/mol. The summed E-state index contributed by atoms with van der Waals surface area (Å²) in [6.07, 6.45) is 5.43. The molecule has 17 heavy (non-hydrogen) atoms. The molecule has 0 atom stereocenters. The van der Waals surface area contributed by atoms with Gasteiger partial charge in [0.15, 0.2) is 0 Å². The van der Waals surface area contributed by atoms with E-state index in [-0.39, 0.29) is 0 Å². The summed E-state index contributed by atoms with van der Waals surface area (Å²) in [5.74, 6) is 0.857. The summed E-state index contributed by atoms with van der Waals surface area (Å²) in [5, 5.41) is 3.76. The van der Waals surface area contributed by atoms with Gasteiger partial charge in [-0.1, -0.05) is 27.7 Å². The van der Waals surface area contributed by atoms with E-state index < -0.39 is 0 Å². The van der Waals surface area contributed by atoms with E-state index in [1.807, 2.05) is 0 Å². The minimum absolute atomic E-state index is 0.394. The molecule has 1 aliphatic carbocycles. The zero-order valence-corrected chi connectivity index (χ0v) is 12.2. The van der Waals surface area contributed by atoms with E-state index >= 15 is 0 Å². The molecule has 1 heterocycles. The van der Waals surface area contributed by atoms with Crippen LogP contribution in [-0.4, -0.2) is 36.6 Å². The van der Waals surface area contributed by atoms with Crippen LogP contribution in [0.25, 0.3) is 0 Å². The summed E-state index contributed by atoms with van der Waals surface area (Å²) in [6, 6.07) is 0. The van der Waals surface area contributed by atoms with Gasteiger partial charge in [-0.05, 0) is 37.0 Å². The Balaban J connectivity index is 1.94. The van der Waals surface area contributed by atoms with Gasteiger partial charge >= 0.3 is 0 Å². The van der Waals surface area contributed by atoms with E-state index in [4.69, 9.17) is 0 Å². The smallest absolute Gasteiger partial charge is 0.0304 e. The van der Waals surface area contributed by atoms with Crippen molar-refractivity contribution in [3.05, 3.63) is 0 Å². The van der Waals surface area contributed by atoms with Crippen molar-refractivity contribution in [3.8, 4) is 0 Å². The molecular weight excluding hydrogens is 208 g/mol. The summed E-state index contributed by atoms with van der Waals surface area (Å²) < 4.78 is 0. The van der Waals surface area contributed by atoms with Crippen molar-refractivity contribution in [1.29, 1.82) is 0 Å². The highest BCUT2D eigenvalue weighted by Crippen LogP contribution is 2.52. The highest BCUT2D eigenvalue weighted by molar-refractivity contribution is 5.01. The zero-order chi connectivity index (χ0) is 12.5. The van der Waals surface area contributed by atoms with Gasteiger partial charge in [-0.25, -0.2) is 0 Å². The summed E-state index contributed by atoms with van der Waals surface area (Å²) >= 11 is 0. The molecule has 0 amide bonds. The minimum atomic E-state index is 0.394. The standard InChI is InChI=1S/C15H30N2/c1-5-15(6-2)12-17(10-9-16-15)11-14(7-8-14)13(3)4/h13,16H,5-12H2,1-4H3. The van der Waals surface area contributed by atoms with Gasteiger partial charge in [0, 0.05) is 31.7 Å². The summed E-state index contributed by atoms with van der Waals surface area (Å²) in [5.41, 5.74) is 1.07. The van der Waals surface area contributed by atoms with E-state index in [1.54, 1.807) is 0 Å². The van der Waals surface area contributed by atoms with Gasteiger partial charge in [0.25, 0.3) is 0 Å². The molecule has 100 valence electrons. The molecular formula is C15H30N2. The summed E-state index contributed by atoms with van der Waals surface area (Å²) in [4.78, 5) is 2.73. The van der Waals surface area contributed by atoms with Crippen molar-refractivity contribution in [2.45, 2.75) is 58.9 Å². The Kier molecular flexibility index (Phi) is 3.84. The van der Waals surface area contributed by atoms with Crippen LogP contribution in [0.2, 0.25) is 0 Å². The Morgan fingerprint density at radius 3 is 2.29 bits per heavy atom. The van der Waals surface area contributed by atoms with Crippen molar-refractivity contribution in [2.75, 3.05) is 26.2 Å². The van der Waals surface area contributed by atoms with Gasteiger partial charge < -0.3 is 5.32 Å². The van der Waals surface area contributed by atoms with E-state index in [9.17, 15) is 0 Å². The van der Waals surface area contributed by atoms with Crippen LogP contribution < -0.4 is 5.32 Å². The van der Waals surface area contributed by atoms with Crippen molar-refractivity contribution in [1.82, 2.24) is 10.2 Å². The van der Waals surface area contributed by atoms with Gasteiger partial charge in [0.1, 0.15) is 0 Å². The third kappa shape index (κ3) is 2.68. The first kappa shape index (κ1) is 13.4. The van der Waals surface area contributed by atoms with Gasteiger partial charge in [-0.15, -0.1) is 0 Å². The quantitative estimate of drug-likeness (QED) is 0.792. The third-order valence-electron chi connectivity index (χ3n) is 5.46. The first-order valence-corrected chi connectivity index (χ1v) is 7.53. The van der Waals surface area contributed by atoms with Gasteiger partial charge in [-0.3, -0.25) is 4.90 Å². The second-order valence-electron chi connectivity index (χ2n) is 6.64. The lowest BCUT2D eigenvalue weighted by atomic mass is 9.87. The summed E-state index contributed by atoms with van der Waals surface area (Å²) in [7, 11) is 0. The van der Waals surface area contributed by atoms with Crippen molar-refractivity contribution in [2.24, 2.45) is 11.3 Å². The number of nitrogens with one attached hydrogen (secondary N) is 1. The maximum Gasteiger partial charge on any atom is 0.0304 e. The first-order valence-electron chi connectivity index (χ1n) is 7.53. The Bertz CT molecular complexity index is 250. The molecule has 1 N–H and O–H groups in total. The van der Waals surface area contributed by atoms with Gasteiger partial charge in [0.2, 0.25) is 0 Å². The van der Waals surface area contributed by atoms with Crippen LogP contribution in [0.4, 0.5) is 0 Å². The molecule has 0 bridgehead atoms. The average Bonchev–Trinajstić information content (AvgIpc) is 3.10. The fraction of sp³-hybridized carbons (Fsp3) is 1.00. The fourth-order valence-corrected chi connectivity index (χ4v) is 3.42. The molecule has 0 aromatic carbocycles. The largest absolute Gasteiger partial charge is 0.309 e. The van der Waals surface area contributed by atoms with Crippen LogP contribution in [0, 0.1) is 11.3 Å². The second kappa shape index (κ2) is 4.89. The number of nitrogens with zero attached hydrogens (tertiary/aromatic N) is 1. The molecule has 0 spiro atoms. The predicted octanol–water partition coefficient (Wildman–Crippen LogP) is 2.89. The number of piperazine rings is 1. The van der Waals surface area contributed by atoms with Gasteiger partial charge in [0.05, 0.1) is 0 Å². The molecule has 0 radical (unpaired) electrons. The molecule has 2 heteroatoms. The first-order chi connectivity index (χ1) is 8.06. The van der Waals surface area contributed by atoms with E-state index in [1.165, 1.54) is 51.9 Å². The number of hydrogen-bond donors (Lipinski definition) is 1. The lowest BCUT2D eigenvalue weighted by Gasteiger charge is -2.44. The molecule has 0 unspecified atom stereocenters. The third-order valence-corrected chi connectivity index (χ3v) is 5.46. The Hall–Kier alpha value is -0.0800. The highest BCUT2D eigenvalue weighted by atomic mass is 15.2. The molecule has 2 nitrogen and oxygen atoms in total. The van der Waals surface area contributed by atoms with E-state index in [0.717, 1.165) is 5.92 Å². The Labute approximate surface area is 107 Å². The highest BCUT2D eigenvalue weighted by Gasteiger charge is 2.47. The summed E-state index contributed by atoms with van der Waals surface area (Å²) in [6.45, 7) is 14.5. The molecule has 0 aromatic heterocycles. The average molecular weight is 238 g/mol. The van der Waals surface area contributed by atoms with Crippen LogP contribution in [0.5, 0.6) is 0 Å². The van der Waals surface area contributed by atoms with Crippen LogP contribution in [0.3, 0.4) is 0 Å². The maximum absolute atomic E-state index is 3.76. The van der Waals surface area contributed by atoms with E-state index in [2.05, 4.69) is 37.9 Å². The van der Waals surface area contributed by atoms with Crippen molar-refractivity contribution < 1.29 is 0 Å². The molecule has 2 fully saturated rings. The molecule has 1 saturated heterocycles. The van der Waals surface area contributed by atoms with Crippen LogP contribution in [-0.2, 0) is 0 Å². The lowest BCUT2D eigenvalue weighted by Crippen LogP contribution is -2.60. The van der Waals surface area contributed by atoms with Crippen LogP contribution in [0.15, 0.2) is 0 Å². The number of hydrogen-bond acceptors (Lipinski definition) is 2. The second-order valence-corrected chi connectivity index (χ2v) is 6.64. The lowest BCUT2D eigenvalue weighted by molar-refractivity contribution is 0.0927. The number of rotatable bonds is 5. The monoisotopic (exact) mass is 238 g/mol. The van der Waals surface area contributed by atoms with E-state index in [0.29, 0.717) is 11.0 Å². The molecule has 1 saturated carbocycles. The topological polar surface area (TPSA) is 15.3 Å². The molecule has 2 aliphatic rings. The maximum atomic E-state index is 3.76. The van der Waals surface area contributed by atoms with Crippen molar-refractivity contribution in [3.63, 3.8) is 0 Å². The van der Waals surface area contributed by atoms with Gasteiger partial charge in [-0.2, -0.15) is 0 Å². The molecule has 2 rings (SSSR count). The van der Waals surface area contributed by atoms with Crippen LogP contribution >= 0.6 is 0 Å². The molecule has 1 aliphatic heterocycles. The van der Waals surface area contributed by atoms with Crippen molar-refractivity contribution >= 4 is 0 Å². The Morgan fingerprint density at radius 2 is 1.82 bits per heavy atom. The Morgan fingerprint density at radius 1 is 1.18 bits per heavy atom. The minimum Gasteiger partial charge on any atom is -0.309 e. The zero-order valence-electron chi connectivity index (χ0n) is 12.2. The molecule has 0 aromatic rings. The van der Waals surface area contributed by atoms with Crippen LogP contribution in [0.1, 0.15) is 53.4 Å².